The number of H-pyrrole nitrogens is 1. The van der Waals surface area contributed by atoms with E-state index in [-0.39, 0.29) is 11.5 Å². The molecule has 1 aromatic carbocycles. The van der Waals surface area contributed by atoms with Crippen molar-refractivity contribution >= 4 is 17.3 Å². The van der Waals surface area contributed by atoms with Crippen molar-refractivity contribution in [3.63, 3.8) is 0 Å². The topological polar surface area (TPSA) is 125 Å². The van der Waals surface area contributed by atoms with Gasteiger partial charge in [0.1, 0.15) is 17.7 Å². The Morgan fingerprint density at radius 3 is 2.68 bits per heavy atom. The number of nitrogens with zero attached hydrogens (tertiary/aromatic N) is 7. The molecule has 1 aliphatic rings. The van der Waals surface area contributed by atoms with Crippen molar-refractivity contribution in [3.05, 3.63) is 41.2 Å². The van der Waals surface area contributed by atoms with Gasteiger partial charge in [-0.3, -0.25) is 0 Å². The van der Waals surface area contributed by atoms with Crippen LogP contribution < -0.4 is 10.6 Å². The molecule has 0 amide bonds. The van der Waals surface area contributed by atoms with Crippen molar-refractivity contribution in [1.29, 1.82) is 5.26 Å². The van der Waals surface area contributed by atoms with Crippen molar-refractivity contribution in [2.45, 2.75) is 19.3 Å². The van der Waals surface area contributed by atoms with Crippen LogP contribution in [-0.2, 0) is 0 Å². The first-order chi connectivity index (χ1) is 13.7. The van der Waals surface area contributed by atoms with Gasteiger partial charge >= 0.3 is 0 Å². The summed E-state index contributed by atoms with van der Waals surface area (Å²) in [6, 6.07) is 9.60. The summed E-state index contributed by atoms with van der Waals surface area (Å²) in [6.45, 7) is 9.24. The minimum Gasteiger partial charge on any atom is -0.392 e. The van der Waals surface area contributed by atoms with Crippen LogP contribution in [0.4, 0.5) is 17.3 Å². The number of aromatic amines is 1. The lowest BCUT2D eigenvalue weighted by Crippen LogP contribution is -2.31. The summed E-state index contributed by atoms with van der Waals surface area (Å²) in [5.41, 5.74) is 8.59. The molecule has 0 aliphatic carbocycles. The van der Waals surface area contributed by atoms with Crippen molar-refractivity contribution in [1.82, 2.24) is 25.6 Å². The summed E-state index contributed by atoms with van der Waals surface area (Å²) in [5.74, 6) is 1.12. The number of hydrogen-bond donors (Lipinski definition) is 2. The number of nitrogens with two attached hydrogens (primary N) is 1. The van der Waals surface area contributed by atoms with Gasteiger partial charge in [-0.15, -0.1) is 10.2 Å². The van der Waals surface area contributed by atoms with E-state index >= 15 is 0 Å². The number of benzene rings is 1. The van der Waals surface area contributed by atoms with Crippen LogP contribution in [0.3, 0.4) is 0 Å². The highest BCUT2D eigenvalue weighted by molar-refractivity contribution is 5.93. The molecule has 28 heavy (non-hydrogen) atoms. The summed E-state index contributed by atoms with van der Waals surface area (Å²) in [6.07, 6.45) is 3.24. The van der Waals surface area contributed by atoms with Crippen molar-refractivity contribution in [2.75, 3.05) is 23.7 Å². The average Bonchev–Trinajstić information content (AvgIpc) is 3.28. The quantitative estimate of drug-likeness (QED) is 0.678. The smallest absolute Gasteiger partial charge is 0.237 e. The molecule has 9 nitrogen and oxygen atoms in total. The third-order valence-corrected chi connectivity index (χ3v) is 4.81. The van der Waals surface area contributed by atoms with Crippen LogP contribution in [0.2, 0.25) is 0 Å². The molecule has 1 saturated heterocycles. The van der Waals surface area contributed by atoms with Crippen molar-refractivity contribution < 1.29 is 0 Å². The maximum Gasteiger partial charge on any atom is 0.237 e. The Bertz CT molecular complexity index is 1080. The fourth-order valence-electron chi connectivity index (χ4n) is 3.51. The van der Waals surface area contributed by atoms with Gasteiger partial charge in [0.2, 0.25) is 11.5 Å². The molecule has 0 spiro atoms. The molecule has 1 aliphatic heterocycles. The molecule has 0 unspecified atom stereocenters. The van der Waals surface area contributed by atoms with Crippen molar-refractivity contribution in [3.8, 4) is 28.6 Å². The molecule has 9 heteroatoms. The number of nitrogens with one attached hydrogen (secondary N) is 1. The zero-order valence-electron chi connectivity index (χ0n) is 15.1. The van der Waals surface area contributed by atoms with Crippen molar-refractivity contribution in [2.24, 2.45) is 0 Å². The lowest BCUT2D eigenvalue weighted by atomic mass is 9.96. The molecule has 2 aromatic heterocycles. The number of aromatic nitrogens is 5. The molecular formula is C19H17N9. The molecule has 3 N–H and O–H groups in total. The van der Waals surface area contributed by atoms with Gasteiger partial charge in [-0.05, 0) is 36.1 Å². The van der Waals surface area contributed by atoms with Crippen LogP contribution in [0, 0.1) is 17.9 Å². The maximum atomic E-state index is 9.96. The van der Waals surface area contributed by atoms with E-state index in [1.54, 1.807) is 0 Å². The molecule has 138 valence electrons. The predicted molar refractivity (Wildman–Crippen MR) is 104 cm³/mol. The Labute approximate surface area is 161 Å². The number of nitrogen functional groups attached to an aromatic ring is 1. The number of pyridine rings is 1. The van der Waals surface area contributed by atoms with Crippen LogP contribution in [0.15, 0.2) is 24.3 Å². The normalized spacial score (nSPS) is 13.7. The second-order valence-corrected chi connectivity index (χ2v) is 6.51. The molecule has 0 atom stereocenters. The Morgan fingerprint density at radius 2 is 2.00 bits per heavy atom. The van der Waals surface area contributed by atoms with Gasteiger partial charge in [-0.2, -0.15) is 10.5 Å². The highest BCUT2D eigenvalue weighted by atomic mass is 15.5. The third-order valence-electron chi connectivity index (χ3n) is 4.81. The lowest BCUT2D eigenvalue weighted by Gasteiger charge is -2.29. The molecular weight excluding hydrogens is 354 g/mol. The largest absolute Gasteiger partial charge is 0.392 e. The zero-order chi connectivity index (χ0) is 19.5. The first-order valence-electron chi connectivity index (χ1n) is 8.93. The fraction of sp³-hybridized carbons (Fsp3) is 0.263. The highest BCUT2D eigenvalue weighted by Crippen LogP contribution is 2.42. The molecule has 0 radical (unpaired) electrons. The first-order valence-corrected chi connectivity index (χ1v) is 8.93. The Morgan fingerprint density at radius 1 is 1.21 bits per heavy atom. The molecule has 0 bridgehead atoms. The molecule has 0 saturated carbocycles. The number of rotatable bonds is 3. The number of anilines is 2. The number of tetrazole rings is 1. The van der Waals surface area contributed by atoms with E-state index in [4.69, 9.17) is 12.3 Å². The zero-order valence-corrected chi connectivity index (χ0v) is 15.1. The van der Waals surface area contributed by atoms with E-state index in [1.165, 1.54) is 0 Å². The Hall–Kier alpha value is -3.98. The number of hydrogen-bond acceptors (Lipinski definition) is 7. The molecule has 3 aromatic rings. The van der Waals surface area contributed by atoms with E-state index in [9.17, 15) is 5.26 Å². The van der Waals surface area contributed by atoms with Crippen LogP contribution >= 0.6 is 0 Å². The summed E-state index contributed by atoms with van der Waals surface area (Å²) in [4.78, 5) is 10.1. The monoisotopic (exact) mass is 371 g/mol. The third kappa shape index (κ3) is 2.99. The van der Waals surface area contributed by atoms with E-state index in [0.717, 1.165) is 37.9 Å². The maximum absolute atomic E-state index is 9.96. The predicted octanol–water partition coefficient (Wildman–Crippen LogP) is 2.92. The second-order valence-electron chi connectivity index (χ2n) is 6.51. The SMILES string of the molecule is [C-]#[N+]c1c(N)nc(N2CCCCC2)c(C#N)c1-c1cccc(-c2nn[nH]n2)c1. The standard InChI is InChI=1S/C19H17N9/c1-22-16-15(12-6-5-7-13(10-12)18-24-26-27-25-18)14(11-20)19(23-17(16)21)28-8-3-2-4-9-28/h5-7,10H,2-4,8-9H2,(H2,21,23)(H,24,25,26,27). The van der Waals surface area contributed by atoms with Gasteiger partial charge in [-0.25, -0.2) is 9.83 Å². The minimum atomic E-state index is 0.134. The number of nitriles is 1. The fourth-order valence-corrected chi connectivity index (χ4v) is 3.51. The minimum absolute atomic E-state index is 0.134. The van der Waals surface area contributed by atoms with Crippen LogP contribution in [-0.4, -0.2) is 38.7 Å². The van der Waals surface area contributed by atoms with Gasteiger partial charge in [0.15, 0.2) is 0 Å². The number of piperidine rings is 1. The van der Waals surface area contributed by atoms with E-state index < -0.39 is 0 Å². The molecule has 3 heterocycles. The van der Waals surface area contributed by atoms with Gasteiger partial charge in [0.05, 0.1) is 12.1 Å². The van der Waals surface area contributed by atoms with E-state index in [2.05, 4.69) is 41.4 Å². The molecule has 1 fully saturated rings. The summed E-state index contributed by atoms with van der Waals surface area (Å²) >= 11 is 0. The lowest BCUT2D eigenvalue weighted by molar-refractivity contribution is 0.573. The van der Waals surface area contributed by atoms with E-state index in [0.29, 0.717) is 28.3 Å². The second kappa shape index (κ2) is 7.33. The van der Waals surface area contributed by atoms with Gasteiger partial charge in [0, 0.05) is 24.2 Å². The highest BCUT2D eigenvalue weighted by Gasteiger charge is 2.24. The van der Waals surface area contributed by atoms with Gasteiger partial charge in [0.25, 0.3) is 0 Å². The van der Waals surface area contributed by atoms with E-state index in [1.807, 2.05) is 24.3 Å². The van der Waals surface area contributed by atoms with Crippen LogP contribution in [0.5, 0.6) is 0 Å². The molecule has 4 rings (SSSR count). The summed E-state index contributed by atoms with van der Waals surface area (Å²) < 4.78 is 0. The summed E-state index contributed by atoms with van der Waals surface area (Å²) in [5, 5.41) is 24.0. The first kappa shape index (κ1) is 17.4. The van der Waals surface area contributed by atoms with Gasteiger partial charge < -0.3 is 10.6 Å². The van der Waals surface area contributed by atoms with Crippen LogP contribution in [0.25, 0.3) is 27.4 Å². The van der Waals surface area contributed by atoms with Crippen LogP contribution in [0.1, 0.15) is 24.8 Å². The summed E-state index contributed by atoms with van der Waals surface area (Å²) in [7, 11) is 0. The average molecular weight is 371 g/mol. The Balaban J connectivity index is 1.93. The van der Waals surface area contributed by atoms with Gasteiger partial charge in [-0.1, -0.05) is 18.2 Å². The Kier molecular flexibility index (Phi) is 4.56.